The highest BCUT2D eigenvalue weighted by Gasteiger charge is 2.24. The third-order valence-electron chi connectivity index (χ3n) is 4.79. The molecule has 1 saturated carbocycles. The van der Waals surface area contributed by atoms with E-state index in [0.29, 0.717) is 12.5 Å². The van der Waals surface area contributed by atoms with Crippen molar-refractivity contribution in [3.63, 3.8) is 0 Å². The molecular formula is C20H33N3O2. The van der Waals surface area contributed by atoms with Crippen molar-refractivity contribution in [3.05, 3.63) is 29.8 Å². The molecule has 1 fully saturated rings. The highest BCUT2D eigenvalue weighted by atomic mass is 16.5. The summed E-state index contributed by atoms with van der Waals surface area (Å²) in [6.07, 6.45) is 6.28. The summed E-state index contributed by atoms with van der Waals surface area (Å²) in [4.78, 5) is 4.64. The summed E-state index contributed by atoms with van der Waals surface area (Å²) in [7, 11) is 1.69. The third kappa shape index (κ3) is 6.94. The number of guanidine groups is 1. The monoisotopic (exact) mass is 347 g/mol. The Morgan fingerprint density at radius 1 is 1.20 bits per heavy atom. The van der Waals surface area contributed by atoms with E-state index in [1.807, 2.05) is 12.1 Å². The number of aliphatic hydroxyl groups is 1. The van der Waals surface area contributed by atoms with Crippen LogP contribution < -0.4 is 15.4 Å². The number of hydrogen-bond donors (Lipinski definition) is 3. The first-order valence-electron chi connectivity index (χ1n) is 9.56. The Morgan fingerprint density at radius 3 is 2.64 bits per heavy atom. The lowest BCUT2D eigenvalue weighted by molar-refractivity contribution is 0.136. The highest BCUT2D eigenvalue weighted by molar-refractivity contribution is 5.79. The zero-order valence-corrected chi connectivity index (χ0v) is 15.6. The van der Waals surface area contributed by atoms with Crippen LogP contribution in [0, 0.1) is 5.92 Å². The first kappa shape index (κ1) is 19.6. The molecule has 5 heteroatoms. The van der Waals surface area contributed by atoms with Crippen molar-refractivity contribution < 1.29 is 9.84 Å². The van der Waals surface area contributed by atoms with Crippen LogP contribution in [0.4, 0.5) is 0 Å². The van der Waals surface area contributed by atoms with Gasteiger partial charge in [0.15, 0.2) is 5.96 Å². The van der Waals surface area contributed by atoms with E-state index in [9.17, 15) is 5.11 Å². The molecule has 2 atom stereocenters. The molecule has 0 saturated heterocycles. The largest absolute Gasteiger partial charge is 0.497 e. The summed E-state index contributed by atoms with van der Waals surface area (Å²) in [6.45, 7) is 4.55. The molecule has 0 spiro atoms. The van der Waals surface area contributed by atoms with Crippen molar-refractivity contribution in [1.29, 1.82) is 0 Å². The quantitative estimate of drug-likeness (QED) is 0.365. The maximum absolute atomic E-state index is 9.90. The molecule has 0 amide bonds. The fraction of sp³-hybridized carbons (Fsp3) is 0.650. The van der Waals surface area contributed by atoms with Crippen LogP contribution in [-0.4, -0.2) is 43.9 Å². The van der Waals surface area contributed by atoms with E-state index >= 15 is 0 Å². The maximum Gasteiger partial charge on any atom is 0.191 e. The Balaban J connectivity index is 1.66. The van der Waals surface area contributed by atoms with Crippen LogP contribution in [0.3, 0.4) is 0 Å². The first-order valence-corrected chi connectivity index (χ1v) is 9.56. The molecule has 0 radical (unpaired) electrons. The number of nitrogens with zero attached hydrogens (tertiary/aromatic N) is 1. The van der Waals surface area contributed by atoms with Crippen molar-refractivity contribution in [2.24, 2.45) is 10.9 Å². The molecule has 1 aromatic rings. The van der Waals surface area contributed by atoms with Crippen molar-refractivity contribution in [2.75, 3.05) is 26.7 Å². The van der Waals surface area contributed by atoms with Gasteiger partial charge in [-0.3, -0.25) is 4.99 Å². The zero-order chi connectivity index (χ0) is 17.9. The van der Waals surface area contributed by atoms with Crippen molar-refractivity contribution in [2.45, 2.75) is 51.6 Å². The first-order chi connectivity index (χ1) is 12.2. The number of benzene rings is 1. The van der Waals surface area contributed by atoms with Crippen LogP contribution in [0.1, 0.15) is 44.6 Å². The Kier molecular flexibility index (Phi) is 8.60. The number of nitrogens with one attached hydrogen (secondary N) is 2. The summed E-state index contributed by atoms with van der Waals surface area (Å²) >= 11 is 0. The molecular weight excluding hydrogens is 314 g/mol. The molecule has 2 unspecified atom stereocenters. The molecule has 1 aliphatic carbocycles. The molecule has 25 heavy (non-hydrogen) atoms. The summed E-state index contributed by atoms with van der Waals surface area (Å²) in [5.41, 5.74) is 1.34. The molecule has 1 aliphatic rings. The molecule has 0 heterocycles. The van der Waals surface area contributed by atoms with Crippen LogP contribution in [-0.2, 0) is 6.42 Å². The molecule has 5 nitrogen and oxygen atoms in total. The summed E-state index contributed by atoms with van der Waals surface area (Å²) < 4.78 is 5.18. The van der Waals surface area contributed by atoms with Crippen LogP contribution >= 0.6 is 0 Å². The second-order valence-corrected chi connectivity index (χ2v) is 6.71. The van der Waals surface area contributed by atoms with Gasteiger partial charge in [0.05, 0.1) is 13.2 Å². The van der Waals surface area contributed by atoms with Gasteiger partial charge < -0.3 is 20.5 Å². The Hall–Kier alpha value is -1.75. The number of methoxy groups -OCH3 is 1. The van der Waals surface area contributed by atoms with E-state index in [1.165, 1.54) is 5.56 Å². The number of aliphatic imine (C=N–C) groups is 1. The van der Waals surface area contributed by atoms with Gasteiger partial charge in [-0.1, -0.05) is 18.6 Å². The van der Waals surface area contributed by atoms with Gasteiger partial charge in [-0.25, -0.2) is 0 Å². The lowest BCUT2D eigenvalue weighted by atomic mass is 10.1. The Morgan fingerprint density at radius 2 is 2.00 bits per heavy atom. The standard InChI is InChI=1S/C20H33N3O2/c1-3-21-20(23-15-17-8-6-9-19(17)24)22-14-5-4-7-16-10-12-18(25-2)13-11-16/h10-13,17,19,24H,3-9,14-15H2,1-2H3,(H2,21,22,23). The molecule has 0 aliphatic heterocycles. The van der Waals surface area contributed by atoms with Crippen LogP contribution in [0.5, 0.6) is 5.75 Å². The average Bonchev–Trinajstić information content (AvgIpc) is 3.04. The van der Waals surface area contributed by atoms with Crippen LogP contribution in [0.15, 0.2) is 29.3 Å². The normalized spacial score (nSPS) is 20.5. The lowest BCUT2D eigenvalue weighted by Gasteiger charge is -2.15. The van der Waals surface area contributed by atoms with Crippen LogP contribution in [0.25, 0.3) is 0 Å². The van der Waals surface area contributed by atoms with E-state index in [1.54, 1.807) is 7.11 Å². The highest BCUT2D eigenvalue weighted by Crippen LogP contribution is 2.25. The van der Waals surface area contributed by atoms with E-state index in [4.69, 9.17) is 4.74 Å². The van der Waals surface area contributed by atoms with Gasteiger partial charge in [-0.2, -0.15) is 0 Å². The fourth-order valence-electron chi connectivity index (χ4n) is 3.23. The van der Waals surface area contributed by atoms with Gasteiger partial charge >= 0.3 is 0 Å². The number of ether oxygens (including phenoxy) is 1. The second kappa shape index (κ2) is 11.0. The van der Waals surface area contributed by atoms with Crippen LogP contribution in [0.2, 0.25) is 0 Å². The second-order valence-electron chi connectivity index (χ2n) is 6.71. The predicted octanol–water partition coefficient (Wildman–Crippen LogP) is 2.73. The molecule has 2 rings (SSSR count). The number of hydrogen-bond acceptors (Lipinski definition) is 3. The van der Waals surface area contributed by atoms with E-state index in [2.05, 4.69) is 34.7 Å². The number of aryl methyl sites for hydroxylation is 1. The number of unbranched alkanes of at least 4 members (excludes halogenated alkanes) is 1. The van der Waals surface area contributed by atoms with E-state index in [0.717, 1.165) is 63.3 Å². The van der Waals surface area contributed by atoms with E-state index < -0.39 is 0 Å². The molecule has 3 N–H and O–H groups in total. The molecule has 0 aromatic heterocycles. The number of rotatable bonds is 9. The minimum Gasteiger partial charge on any atom is -0.497 e. The fourth-order valence-corrected chi connectivity index (χ4v) is 3.23. The van der Waals surface area contributed by atoms with Crippen molar-refractivity contribution >= 4 is 5.96 Å². The summed E-state index contributed by atoms with van der Waals surface area (Å²) in [5, 5.41) is 16.6. The summed E-state index contributed by atoms with van der Waals surface area (Å²) in [5.74, 6) is 2.10. The van der Waals surface area contributed by atoms with Crippen molar-refractivity contribution in [1.82, 2.24) is 10.6 Å². The maximum atomic E-state index is 9.90. The Bertz CT molecular complexity index is 516. The smallest absolute Gasteiger partial charge is 0.191 e. The van der Waals surface area contributed by atoms with Gasteiger partial charge in [-0.05, 0) is 56.7 Å². The van der Waals surface area contributed by atoms with Crippen molar-refractivity contribution in [3.8, 4) is 5.75 Å². The average molecular weight is 348 g/mol. The molecule has 0 bridgehead atoms. The molecule has 140 valence electrons. The SMILES string of the molecule is CCNC(=NCC1CCCC1O)NCCCCc1ccc(OC)cc1. The lowest BCUT2D eigenvalue weighted by Crippen LogP contribution is -2.38. The van der Waals surface area contributed by atoms with Gasteiger partial charge in [-0.15, -0.1) is 0 Å². The minimum atomic E-state index is -0.170. The molecule has 1 aromatic carbocycles. The van der Waals surface area contributed by atoms with Gasteiger partial charge in [0.1, 0.15) is 5.75 Å². The minimum absolute atomic E-state index is 0.170. The van der Waals surface area contributed by atoms with Gasteiger partial charge in [0.2, 0.25) is 0 Å². The topological polar surface area (TPSA) is 65.9 Å². The Labute approximate surface area is 151 Å². The zero-order valence-electron chi connectivity index (χ0n) is 15.6. The van der Waals surface area contributed by atoms with E-state index in [-0.39, 0.29) is 6.10 Å². The summed E-state index contributed by atoms with van der Waals surface area (Å²) in [6, 6.07) is 8.29. The van der Waals surface area contributed by atoms with Gasteiger partial charge in [0.25, 0.3) is 0 Å². The third-order valence-corrected chi connectivity index (χ3v) is 4.79. The van der Waals surface area contributed by atoms with Gasteiger partial charge in [0, 0.05) is 25.6 Å². The number of aliphatic hydroxyl groups excluding tert-OH is 1. The predicted molar refractivity (Wildman–Crippen MR) is 103 cm³/mol.